The van der Waals surface area contributed by atoms with Crippen LogP contribution in [0.2, 0.25) is 0 Å². The number of ether oxygens (including phenoxy) is 2. The lowest BCUT2D eigenvalue weighted by molar-refractivity contribution is 0.219. The van der Waals surface area contributed by atoms with Gasteiger partial charge in [0.25, 0.3) is 0 Å². The molecular formula is C15H19N3O2S. The zero-order valence-electron chi connectivity index (χ0n) is 12.2. The average molecular weight is 305 g/mol. The predicted molar refractivity (Wildman–Crippen MR) is 86.0 cm³/mol. The fraction of sp³-hybridized carbons (Fsp3) is 0.400. The second-order valence-corrected chi connectivity index (χ2v) is 6.16. The van der Waals surface area contributed by atoms with Crippen molar-refractivity contribution in [1.82, 2.24) is 9.78 Å². The molecule has 6 heteroatoms. The Labute approximate surface area is 128 Å². The summed E-state index contributed by atoms with van der Waals surface area (Å²) in [5.41, 5.74) is 7.84. The van der Waals surface area contributed by atoms with Gasteiger partial charge in [0.2, 0.25) is 0 Å². The fourth-order valence-electron chi connectivity index (χ4n) is 2.47. The highest BCUT2D eigenvalue weighted by atomic mass is 32.2. The molecule has 112 valence electrons. The van der Waals surface area contributed by atoms with Gasteiger partial charge < -0.3 is 15.2 Å². The Balaban J connectivity index is 1.99. The number of nitrogens with two attached hydrogens (primary N) is 1. The molecule has 0 spiro atoms. The topological polar surface area (TPSA) is 62.3 Å². The van der Waals surface area contributed by atoms with Gasteiger partial charge in [0.05, 0.1) is 13.3 Å². The summed E-state index contributed by atoms with van der Waals surface area (Å²) in [6.45, 7) is 0. The molecule has 5 nitrogen and oxygen atoms in total. The maximum absolute atomic E-state index is 6.09. The fourth-order valence-corrected chi connectivity index (χ4v) is 3.57. The third kappa shape index (κ3) is 2.68. The minimum absolute atomic E-state index is 0.255. The van der Waals surface area contributed by atoms with Crippen LogP contribution in [0.4, 0.5) is 5.82 Å². The van der Waals surface area contributed by atoms with Crippen molar-refractivity contribution in [2.45, 2.75) is 12.5 Å². The molecule has 2 aromatic rings. The minimum atomic E-state index is 0.255. The van der Waals surface area contributed by atoms with E-state index in [9.17, 15) is 0 Å². The lowest BCUT2D eigenvalue weighted by atomic mass is 10.1. The van der Waals surface area contributed by atoms with E-state index in [0.717, 1.165) is 34.8 Å². The smallest absolute Gasteiger partial charge is 0.168 e. The van der Waals surface area contributed by atoms with Gasteiger partial charge in [-0.1, -0.05) is 12.1 Å². The lowest BCUT2D eigenvalue weighted by Gasteiger charge is -2.17. The third-order valence-electron chi connectivity index (χ3n) is 3.64. The van der Waals surface area contributed by atoms with E-state index in [-0.39, 0.29) is 6.10 Å². The van der Waals surface area contributed by atoms with Crippen molar-refractivity contribution >= 4 is 17.6 Å². The summed E-state index contributed by atoms with van der Waals surface area (Å²) in [4.78, 5) is 0. The molecule has 21 heavy (non-hydrogen) atoms. The monoisotopic (exact) mass is 305 g/mol. The summed E-state index contributed by atoms with van der Waals surface area (Å²) in [6.07, 6.45) is 3.08. The SMILES string of the molecule is COc1c(OC2CCSC2)cccc1-c1cnn(C)c1N. The minimum Gasteiger partial charge on any atom is -0.492 e. The maximum Gasteiger partial charge on any atom is 0.168 e. The largest absolute Gasteiger partial charge is 0.492 e. The summed E-state index contributed by atoms with van der Waals surface area (Å²) < 4.78 is 13.3. The molecule has 1 unspecified atom stereocenters. The Hall–Kier alpha value is -1.82. The molecule has 2 N–H and O–H groups in total. The van der Waals surface area contributed by atoms with Crippen LogP contribution in [-0.2, 0) is 7.05 Å². The molecule has 2 heterocycles. The highest BCUT2D eigenvalue weighted by Gasteiger charge is 2.21. The number of methoxy groups -OCH3 is 1. The van der Waals surface area contributed by atoms with Crippen LogP contribution in [0.15, 0.2) is 24.4 Å². The number of nitrogen functional groups attached to an aromatic ring is 1. The first-order valence-electron chi connectivity index (χ1n) is 6.90. The summed E-state index contributed by atoms with van der Waals surface area (Å²) in [5.74, 6) is 4.28. The number of benzene rings is 1. The lowest BCUT2D eigenvalue weighted by Crippen LogP contribution is -2.15. The van der Waals surface area contributed by atoms with Crippen molar-refractivity contribution in [3.63, 3.8) is 0 Å². The van der Waals surface area contributed by atoms with Crippen LogP contribution in [0, 0.1) is 0 Å². The van der Waals surface area contributed by atoms with Crippen LogP contribution in [0.1, 0.15) is 6.42 Å². The number of nitrogens with zero attached hydrogens (tertiary/aromatic N) is 2. The van der Waals surface area contributed by atoms with E-state index < -0.39 is 0 Å². The molecule has 1 aliphatic heterocycles. The van der Waals surface area contributed by atoms with E-state index >= 15 is 0 Å². The molecule has 1 atom stereocenters. The first-order valence-corrected chi connectivity index (χ1v) is 8.05. The van der Waals surface area contributed by atoms with Gasteiger partial charge in [-0.05, 0) is 18.2 Å². The quantitative estimate of drug-likeness (QED) is 0.940. The molecule has 1 fully saturated rings. The molecular weight excluding hydrogens is 286 g/mol. The van der Waals surface area contributed by atoms with E-state index in [1.54, 1.807) is 18.0 Å². The maximum atomic E-state index is 6.09. The van der Waals surface area contributed by atoms with Gasteiger partial charge in [0, 0.05) is 23.9 Å². The average Bonchev–Trinajstić information content (AvgIpc) is 3.10. The number of para-hydroxylation sites is 1. The Morgan fingerprint density at radius 3 is 2.86 bits per heavy atom. The van der Waals surface area contributed by atoms with Crippen LogP contribution in [0.5, 0.6) is 11.5 Å². The third-order valence-corrected chi connectivity index (χ3v) is 4.77. The molecule has 0 saturated carbocycles. The van der Waals surface area contributed by atoms with Gasteiger partial charge in [0.15, 0.2) is 11.5 Å². The summed E-state index contributed by atoms with van der Waals surface area (Å²) >= 11 is 1.92. The van der Waals surface area contributed by atoms with Gasteiger partial charge in [-0.2, -0.15) is 16.9 Å². The van der Waals surface area contributed by atoms with E-state index in [1.807, 2.05) is 37.0 Å². The molecule has 1 aromatic heterocycles. The van der Waals surface area contributed by atoms with Crippen LogP contribution in [0.25, 0.3) is 11.1 Å². The zero-order chi connectivity index (χ0) is 14.8. The second-order valence-electron chi connectivity index (χ2n) is 5.01. The summed E-state index contributed by atoms with van der Waals surface area (Å²) in [5, 5.41) is 4.19. The Morgan fingerprint density at radius 2 is 2.24 bits per heavy atom. The van der Waals surface area contributed by atoms with Crippen LogP contribution in [0.3, 0.4) is 0 Å². The molecule has 0 amide bonds. The molecule has 1 aromatic carbocycles. The highest BCUT2D eigenvalue weighted by Crippen LogP contribution is 2.41. The molecule has 0 aliphatic carbocycles. The van der Waals surface area contributed by atoms with E-state index in [4.69, 9.17) is 15.2 Å². The van der Waals surface area contributed by atoms with E-state index in [2.05, 4.69) is 5.10 Å². The summed E-state index contributed by atoms with van der Waals surface area (Å²) in [7, 11) is 3.48. The Kier molecular flexibility index (Phi) is 3.96. The van der Waals surface area contributed by atoms with Crippen LogP contribution >= 0.6 is 11.8 Å². The van der Waals surface area contributed by atoms with Gasteiger partial charge in [-0.25, -0.2) is 0 Å². The van der Waals surface area contributed by atoms with Crippen molar-refractivity contribution in [3.05, 3.63) is 24.4 Å². The summed E-state index contributed by atoms with van der Waals surface area (Å²) in [6, 6.07) is 5.88. The normalized spacial score (nSPS) is 17.9. The molecule has 1 saturated heterocycles. The zero-order valence-corrected chi connectivity index (χ0v) is 13.0. The number of hydrogen-bond acceptors (Lipinski definition) is 5. The van der Waals surface area contributed by atoms with Gasteiger partial charge in [-0.15, -0.1) is 0 Å². The number of anilines is 1. The molecule has 0 bridgehead atoms. The van der Waals surface area contributed by atoms with Crippen LogP contribution in [-0.4, -0.2) is 34.5 Å². The van der Waals surface area contributed by atoms with E-state index in [0.29, 0.717) is 11.6 Å². The van der Waals surface area contributed by atoms with Crippen molar-refractivity contribution in [3.8, 4) is 22.6 Å². The van der Waals surface area contributed by atoms with Crippen LogP contribution < -0.4 is 15.2 Å². The standard InChI is InChI=1S/C15H19N3O2S/c1-18-15(16)12(8-17-18)11-4-3-5-13(14(11)19-2)20-10-6-7-21-9-10/h3-5,8,10H,6-7,9,16H2,1-2H3. The number of aromatic nitrogens is 2. The predicted octanol–water partition coefficient (Wildman–Crippen LogP) is 2.56. The number of aryl methyl sites for hydroxylation is 1. The van der Waals surface area contributed by atoms with E-state index in [1.165, 1.54) is 0 Å². The molecule has 0 radical (unpaired) electrons. The van der Waals surface area contributed by atoms with Gasteiger partial charge in [0.1, 0.15) is 11.9 Å². The number of thioether (sulfide) groups is 1. The second kappa shape index (κ2) is 5.89. The van der Waals surface area contributed by atoms with Gasteiger partial charge in [-0.3, -0.25) is 4.68 Å². The molecule has 1 aliphatic rings. The first-order chi connectivity index (χ1) is 10.2. The van der Waals surface area contributed by atoms with Crippen molar-refractivity contribution in [1.29, 1.82) is 0 Å². The van der Waals surface area contributed by atoms with Crippen molar-refractivity contribution < 1.29 is 9.47 Å². The van der Waals surface area contributed by atoms with Crippen molar-refractivity contribution in [2.24, 2.45) is 7.05 Å². The van der Waals surface area contributed by atoms with Crippen molar-refractivity contribution in [2.75, 3.05) is 24.3 Å². The number of rotatable bonds is 4. The highest BCUT2D eigenvalue weighted by molar-refractivity contribution is 7.99. The number of hydrogen-bond donors (Lipinski definition) is 1. The molecule has 3 rings (SSSR count). The Bertz CT molecular complexity index is 636. The Morgan fingerprint density at radius 1 is 1.38 bits per heavy atom. The first kappa shape index (κ1) is 14.1. The van der Waals surface area contributed by atoms with Gasteiger partial charge >= 0.3 is 0 Å².